The summed E-state index contributed by atoms with van der Waals surface area (Å²) in [5.74, 6) is -1.72. The Labute approximate surface area is 222 Å². The van der Waals surface area contributed by atoms with Gasteiger partial charge in [0, 0.05) is 24.4 Å². The Kier molecular flexibility index (Phi) is 7.37. The van der Waals surface area contributed by atoms with Crippen LogP contribution >= 0.6 is 11.8 Å². The molecule has 0 saturated carbocycles. The number of ether oxygens (including phenoxy) is 1. The van der Waals surface area contributed by atoms with E-state index >= 15 is 0 Å². The van der Waals surface area contributed by atoms with Crippen molar-refractivity contribution in [1.29, 1.82) is 0 Å². The minimum atomic E-state index is -0.681. The molecule has 2 heterocycles. The second-order valence-corrected chi connectivity index (χ2v) is 9.57. The monoisotopic (exact) mass is 523 g/mol. The zero-order chi connectivity index (χ0) is 26.5. The van der Waals surface area contributed by atoms with E-state index in [1.807, 2.05) is 42.5 Å². The second-order valence-electron chi connectivity index (χ2n) is 8.40. The number of nitrogens with zero attached hydrogens (tertiary/aromatic N) is 3. The first-order valence-corrected chi connectivity index (χ1v) is 12.6. The molecule has 1 saturated heterocycles. The molecule has 5 rings (SSSR count). The molecule has 1 unspecified atom stereocenters. The summed E-state index contributed by atoms with van der Waals surface area (Å²) in [7, 11) is 0. The summed E-state index contributed by atoms with van der Waals surface area (Å²) < 4.78 is 5.20. The van der Waals surface area contributed by atoms with E-state index < -0.39 is 17.8 Å². The molecule has 188 valence electrons. The minimum absolute atomic E-state index is 0.0278. The average Bonchev–Trinajstić information content (AvgIpc) is 3.24. The van der Waals surface area contributed by atoms with Gasteiger partial charge in [0.15, 0.2) is 17.5 Å². The zero-order valence-electron chi connectivity index (χ0n) is 20.0. The summed E-state index contributed by atoms with van der Waals surface area (Å²) in [5.41, 5.74) is 3.00. The lowest BCUT2D eigenvalue weighted by Crippen LogP contribution is -2.31. The fourth-order valence-corrected chi connectivity index (χ4v) is 4.89. The summed E-state index contributed by atoms with van der Waals surface area (Å²) in [6.45, 7) is -0.408. The van der Waals surface area contributed by atoms with Gasteiger partial charge in [-0.15, -0.1) is 0 Å². The van der Waals surface area contributed by atoms with Gasteiger partial charge in [0.1, 0.15) is 5.25 Å². The number of rotatable bonds is 8. The Hall–Kier alpha value is -4.63. The number of benzene rings is 3. The van der Waals surface area contributed by atoms with E-state index in [2.05, 4.69) is 9.97 Å². The smallest absolute Gasteiger partial charge is 0.338 e. The Morgan fingerprint density at radius 1 is 0.816 bits per heavy atom. The number of anilines is 1. The summed E-state index contributed by atoms with van der Waals surface area (Å²) in [5, 5.41) is -0.206. The number of esters is 1. The number of imide groups is 1. The molecule has 4 aromatic rings. The molecule has 1 fully saturated rings. The second kappa shape index (κ2) is 11.2. The van der Waals surface area contributed by atoms with Crippen molar-refractivity contribution in [3.8, 4) is 11.1 Å². The van der Waals surface area contributed by atoms with Gasteiger partial charge in [0.2, 0.25) is 11.8 Å². The zero-order valence-corrected chi connectivity index (χ0v) is 20.8. The van der Waals surface area contributed by atoms with Gasteiger partial charge in [0.25, 0.3) is 0 Å². The van der Waals surface area contributed by atoms with Crippen LogP contribution < -0.4 is 4.90 Å². The van der Waals surface area contributed by atoms with Crippen molar-refractivity contribution in [2.24, 2.45) is 0 Å². The molecule has 1 atom stereocenters. The maximum atomic E-state index is 12.9. The van der Waals surface area contributed by atoms with Gasteiger partial charge in [-0.3, -0.25) is 14.4 Å². The van der Waals surface area contributed by atoms with E-state index in [0.29, 0.717) is 16.4 Å². The lowest BCUT2D eigenvalue weighted by molar-refractivity contribution is -0.121. The standard InChI is InChI=1S/C29H21N3O5S/c33-24(21-9-7-20(8-10-21)19-5-2-1-3-6-19)18-37-28(36)22-11-13-23(14-12-22)32-26(34)17-25(27(32)35)38-29-30-15-4-16-31-29/h1-16,25H,17-18H2. The number of hydrogen-bond acceptors (Lipinski definition) is 8. The highest BCUT2D eigenvalue weighted by atomic mass is 32.2. The van der Waals surface area contributed by atoms with Crippen LogP contribution in [0.5, 0.6) is 0 Å². The summed E-state index contributed by atoms with van der Waals surface area (Å²) in [6, 6.07) is 24.5. The van der Waals surface area contributed by atoms with Crippen molar-refractivity contribution in [3.05, 3.63) is 108 Å². The minimum Gasteiger partial charge on any atom is -0.454 e. The number of amides is 2. The molecule has 0 aliphatic carbocycles. The number of carbonyl (C=O) groups is 4. The van der Waals surface area contributed by atoms with Crippen molar-refractivity contribution in [2.45, 2.75) is 16.8 Å². The van der Waals surface area contributed by atoms with Gasteiger partial charge in [-0.25, -0.2) is 19.7 Å². The maximum absolute atomic E-state index is 12.9. The first kappa shape index (κ1) is 25.0. The van der Waals surface area contributed by atoms with Crippen LogP contribution in [0.2, 0.25) is 0 Å². The molecule has 2 amide bonds. The normalized spacial score (nSPS) is 14.9. The van der Waals surface area contributed by atoms with Crippen molar-refractivity contribution in [2.75, 3.05) is 11.5 Å². The third-order valence-electron chi connectivity index (χ3n) is 5.90. The summed E-state index contributed by atoms with van der Waals surface area (Å²) >= 11 is 1.14. The largest absolute Gasteiger partial charge is 0.454 e. The quantitative estimate of drug-likeness (QED) is 0.143. The lowest BCUT2D eigenvalue weighted by atomic mass is 10.0. The van der Waals surface area contributed by atoms with Crippen LogP contribution in [0.4, 0.5) is 5.69 Å². The van der Waals surface area contributed by atoms with Crippen LogP contribution in [-0.4, -0.2) is 45.4 Å². The summed E-state index contributed by atoms with van der Waals surface area (Å²) in [6.07, 6.45) is 3.17. The van der Waals surface area contributed by atoms with Gasteiger partial charge >= 0.3 is 5.97 Å². The topological polar surface area (TPSA) is 107 Å². The SMILES string of the molecule is O=C(COC(=O)c1ccc(N2C(=O)CC(Sc3ncccn3)C2=O)cc1)c1ccc(-c2ccccc2)cc1. The van der Waals surface area contributed by atoms with Crippen LogP contribution in [-0.2, 0) is 14.3 Å². The molecule has 1 aromatic heterocycles. The van der Waals surface area contributed by atoms with E-state index in [1.165, 1.54) is 24.3 Å². The molecule has 0 N–H and O–H groups in total. The van der Waals surface area contributed by atoms with Crippen LogP contribution in [0.3, 0.4) is 0 Å². The van der Waals surface area contributed by atoms with Crippen molar-refractivity contribution in [3.63, 3.8) is 0 Å². The van der Waals surface area contributed by atoms with Gasteiger partial charge in [-0.2, -0.15) is 0 Å². The lowest BCUT2D eigenvalue weighted by Gasteiger charge is -2.15. The Bertz CT molecular complexity index is 1480. The fraction of sp³-hybridized carbons (Fsp3) is 0.103. The molecular weight excluding hydrogens is 502 g/mol. The maximum Gasteiger partial charge on any atom is 0.338 e. The predicted octanol–water partition coefficient (Wildman–Crippen LogP) is 4.61. The number of thioether (sulfide) groups is 1. The molecule has 0 spiro atoms. The van der Waals surface area contributed by atoms with Gasteiger partial charge in [0.05, 0.1) is 11.3 Å². The highest BCUT2D eigenvalue weighted by molar-refractivity contribution is 8.00. The molecule has 9 heteroatoms. The van der Waals surface area contributed by atoms with Gasteiger partial charge in [-0.05, 0) is 41.5 Å². The molecular formula is C29H21N3O5S. The van der Waals surface area contributed by atoms with Crippen molar-refractivity contribution < 1.29 is 23.9 Å². The van der Waals surface area contributed by atoms with E-state index in [-0.39, 0.29) is 29.6 Å². The number of ketones is 1. The third-order valence-corrected chi connectivity index (χ3v) is 6.98. The van der Waals surface area contributed by atoms with Crippen molar-refractivity contribution >= 4 is 41.0 Å². The number of aromatic nitrogens is 2. The summed E-state index contributed by atoms with van der Waals surface area (Å²) in [4.78, 5) is 59.7. The van der Waals surface area contributed by atoms with E-state index in [0.717, 1.165) is 27.8 Å². The first-order chi connectivity index (χ1) is 18.5. The highest BCUT2D eigenvalue weighted by Crippen LogP contribution is 2.32. The fourth-order valence-electron chi connectivity index (χ4n) is 3.96. The molecule has 3 aromatic carbocycles. The molecule has 8 nitrogen and oxygen atoms in total. The average molecular weight is 524 g/mol. The van der Waals surface area contributed by atoms with Crippen molar-refractivity contribution in [1.82, 2.24) is 9.97 Å². The van der Waals surface area contributed by atoms with E-state index in [4.69, 9.17) is 4.74 Å². The van der Waals surface area contributed by atoms with Crippen LogP contribution in [0.1, 0.15) is 27.1 Å². The van der Waals surface area contributed by atoms with E-state index in [9.17, 15) is 19.2 Å². The van der Waals surface area contributed by atoms with E-state index in [1.54, 1.807) is 30.6 Å². The Morgan fingerprint density at radius 3 is 2.13 bits per heavy atom. The van der Waals surface area contributed by atoms with Gasteiger partial charge in [-0.1, -0.05) is 66.4 Å². The Morgan fingerprint density at radius 2 is 1.45 bits per heavy atom. The van der Waals surface area contributed by atoms with Gasteiger partial charge < -0.3 is 4.74 Å². The molecule has 1 aliphatic rings. The molecule has 0 bridgehead atoms. The van der Waals surface area contributed by atoms with Crippen LogP contribution in [0.15, 0.2) is 102 Å². The predicted molar refractivity (Wildman–Crippen MR) is 142 cm³/mol. The number of carbonyl (C=O) groups excluding carboxylic acids is 4. The number of hydrogen-bond donors (Lipinski definition) is 0. The molecule has 0 radical (unpaired) electrons. The molecule has 1 aliphatic heterocycles. The first-order valence-electron chi connectivity index (χ1n) is 11.8. The number of Topliss-reactive ketones (excluding diaryl/α,β-unsaturated/α-hetero) is 1. The third kappa shape index (κ3) is 5.52. The highest BCUT2D eigenvalue weighted by Gasteiger charge is 2.40. The van der Waals surface area contributed by atoms with Crippen LogP contribution in [0, 0.1) is 0 Å². The Balaban J connectivity index is 1.17. The van der Waals surface area contributed by atoms with Crippen LogP contribution in [0.25, 0.3) is 11.1 Å². The molecule has 38 heavy (non-hydrogen) atoms.